The highest BCUT2D eigenvalue weighted by atomic mass is 16.3. The molecular formula is C21H23N3O3. The third-order valence-electron chi connectivity index (χ3n) is 4.07. The molecule has 6 heteroatoms. The highest BCUT2D eigenvalue weighted by Crippen LogP contribution is 2.27. The number of anilines is 2. The summed E-state index contributed by atoms with van der Waals surface area (Å²) in [6.07, 6.45) is 0. The molecule has 6 nitrogen and oxygen atoms in total. The predicted octanol–water partition coefficient (Wildman–Crippen LogP) is 3.80. The molecule has 2 N–H and O–H groups in total. The van der Waals surface area contributed by atoms with E-state index in [1.54, 1.807) is 17.0 Å². The first-order valence-corrected chi connectivity index (χ1v) is 8.69. The van der Waals surface area contributed by atoms with Crippen LogP contribution in [0.25, 0.3) is 11.0 Å². The highest BCUT2D eigenvalue weighted by Gasteiger charge is 2.16. The molecule has 140 valence electrons. The first-order valence-electron chi connectivity index (χ1n) is 8.69. The molecule has 0 unspecified atom stereocenters. The number of benzene rings is 2. The maximum Gasteiger partial charge on any atom is 0.259 e. The van der Waals surface area contributed by atoms with Gasteiger partial charge in [-0.05, 0) is 57.8 Å². The minimum Gasteiger partial charge on any atom is -0.461 e. The second kappa shape index (κ2) is 7.63. The minimum atomic E-state index is -0.288. The van der Waals surface area contributed by atoms with Crippen LogP contribution >= 0.6 is 0 Å². The zero-order chi connectivity index (χ0) is 19.6. The van der Waals surface area contributed by atoms with Gasteiger partial charge in [0.25, 0.3) is 5.91 Å². The van der Waals surface area contributed by atoms with Gasteiger partial charge in [-0.1, -0.05) is 18.2 Å². The largest absolute Gasteiger partial charge is 0.461 e. The van der Waals surface area contributed by atoms with Crippen LogP contribution in [0, 0.1) is 13.8 Å². The van der Waals surface area contributed by atoms with Crippen molar-refractivity contribution in [1.82, 2.24) is 4.90 Å². The Labute approximate surface area is 158 Å². The van der Waals surface area contributed by atoms with Crippen LogP contribution in [0.1, 0.15) is 21.7 Å². The van der Waals surface area contributed by atoms with Gasteiger partial charge < -0.3 is 20.0 Å². The molecular weight excluding hydrogens is 342 g/mol. The van der Waals surface area contributed by atoms with Crippen LogP contribution in [-0.4, -0.2) is 37.4 Å². The lowest BCUT2D eigenvalue weighted by Gasteiger charge is -2.15. The summed E-state index contributed by atoms with van der Waals surface area (Å²) in [6.45, 7) is 4.03. The molecule has 3 aromatic rings. The van der Waals surface area contributed by atoms with Gasteiger partial charge in [-0.2, -0.15) is 0 Å². The summed E-state index contributed by atoms with van der Waals surface area (Å²) in [5.74, 6) is 0.309. The number of para-hydroxylation sites is 1. The second-order valence-electron chi connectivity index (χ2n) is 6.87. The van der Waals surface area contributed by atoms with Crippen molar-refractivity contribution in [3.8, 4) is 0 Å². The van der Waals surface area contributed by atoms with Crippen molar-refractivity contribution < 1.29 is 14.0 Å². The molecule has 0 radical (unpaired) electrons. The summed E-state index contributed by atoms with van der Waals surface area (Å²) in [5.41, 5.74) is 3.09. The third kappa shape index (κ3) is 4.35. The lowest BCUT2D eigenvalue weighted by atomic mass is 10.1. The zero-order valence-electron chi connectivity index (χ0n) is 15.9. The molecule has 0 atom stereocenters. The summed E-state index contributed by atoms with van der Waals surface area (Å²) < 4.78 is 5.68. The number of nitrogens with zero attached hydrogens (tertiary/aromatic N) is 1. The normalized spacial score (nSPS) is 11.0. The molecule has 3 rings (SSSR count). The number of aryl methyl sites for hydroxylation is 2. The Morgan fingerprint density at radius 3 is 2.52 bits per heavy atom. The Hall–Kier alpha value is -3.12. The van der Waals surface area contributed by atoms with Crippen molar-refractivity contribution in [2.45, 2.75) is 13.8 Å². The summed E-state index contributed by atoms with van der Waals surface area (Å²) in [4.78, 5) is 26.8. The molecule has 0 aliphatic heterocycles. The van der Waals surface area contributed by atoms with Gasteiger partial charge in [-0.15, -0.1) is 0 Å². The van der Waals surface area contributed by atoms with E-state index >= 15 is 0 Å². The molecule has 0 saturated carbocycles. The molecule has 1 aromatic heterocycles. The number of furan rings is 1. The van der Waals surface area contributed by atoms with Crippen LogP contribution in [0.15, 0.2) is 46.9 Å². The Balaban J connectivity index is 1.89. The summed E-state index contributed by atoms with van der Waals surface area (Å²) in [7, 11) is 3.65. The van der Waals surface area contributed by atoms with E-state index in [0.717, 1.165) is 16.7 Å². The number of carbonyl (C=O) groups excluding carboxylic acids is 2. The fourth-order valence-electron chi connectivity index (χ4n) is 2.91. The van der Waals surface area contributed by atoms with E-state index in [0.29, 0.717) is 22.5 Å². The fourth-order valence-corrected chi connectivity index (χ4v) is 2.91. The standard InChI is InChI=1S/C21H23N3O3/c1-13-8-9-17(22-19(25)12-24(3)4)18(10-13)23-21(26)16-7-5-6-15-11-14(2)27-20(15)16/h5-11H,12H2,1-4H3,(H,22,25)(H,23,26). The number of rotatable bonds is 5. The van der Waals surface area contributed by atoms with Crippen molar-refractivity contribution in [2.75, 3.05) is 31.3 Å². The van der Waals surface area contributed by atoms with E-state index < -0.39 is 0 Å². The van der Waals surface area contributed by atoms with Crippen LogP contribution in [-0.2, 0) is 4.79 Å². The summed E-state index contributed by atoms with van der Waals surface area (Å²) in [6, 6.07) is 12.8. The molecule has 0 bridgehead atoms. The smallest absolute Gasteiger partial charge is 0.259 e. The van der Waals surface area contributed by atoms with Gasteiger partial charge in [0, 0.05) is 5.39 Å². The van der Waals surface area contributed by atoms with E-state index in [1.165, 1.54) is 0 Å². The van der Waals surface area contributed by atoms with Crippen molar-refractivity contribution in [1.29, 1.82) is 0 Å². The SMILES string of the molecule is Cc1ccc(NC(=O)CN(C)C)c(NC(=O)c2cccc3cc(C)oc23)c1. The maximum atomic E-state index is 12.9. The topological polar surface area (TPSA) is 74.6 Å². The van der Waals surface area contributed by atoms with E-state index in [-0.39, 0.29) is 18.4 Å². The Bertz CT molecular complexity index is 1010. The summed E-state index contributed by atoms with van der Waals surface area (Å²) in [5, 5.41) is 6.63. The van der Waals surface area contributed by atoms with E-state index in [4.69, 9.17) is 4.42 Å². The first-order chi connectivity index (χ1) is 12.8. The van der Waals surface area contributed by atoms with Gasteiger partial charge in [-0.3, -0.25) is 9.59 Å². The van der Waals surface area contributed by atoms with Gasteiger partial charge in [0.2, 0.25) is 5.91 Å². The quantitative estimate of drug-likeness (QED) is 0.721. The fraction of sp³-hybridized carbons (Fsp3) is 0.238. The van der Waals surface area contributed by atoms with Crippen LogP contribution in [0.2, 0.25) is 0 Å². The number of nitrogens with one attached hydrogen (secondary N) is 2. The lowest BCUT2D eigenvalue weighted by molar-refractivity contribution is -0.116. The average Bonchev–Trinajstić information content (AvgIpc) is 2.96. The Morgan fingerprint density at radius 1 is 1.00 bits per heavy atom. The molecule has 2 aromatic carbocycles. The molecule has 0 fully saturated rings. The maximum absolute atomic E-state index is 12.9. The Kier molecular flexibility index (Phi) is 5.28. The van der Waals surface area contributed by atoms with Crippen LogP contribution < -0.4 is 10.6 Å². The number of carbonyl (C=O) groups is 2. The van der Waals surface area contributed by atoms with Crippen LogP contribution in [0.3, 0.4) is 0 Å². The number of amides is 2. The highest BCUT2D eigenvalue weighted by molar-refractivity contribution is 6.13. The minimum absolute atomic E-state index is 0.150. The number of fused-ring (bicyclic) bond motifs is 1. The van der Waals surface area contributed by atoms with Crippen molar-refractivity contribution >= 4 is 34.2 Å². The zero-order valence-corrected chi connectivity index (χ0v) is 15.9. The monoisotopic (exact) mass is 365 g/mol. The molecule has 0 aliphatic carbocycles. The summed E-state index contributed by atoms with van der Waals surface area (Å²) >= 11 is 0. The number of hydrogen-bond donors (Lipinski definition) is 2. The number of likely N-dealkylation sites (N-methyl/N-ethyl adjacent to an activating group) is 1. The predicted molar refractivity (Wildman–Crippen MR) is 107 cm³/mol. The molecule has 0 saturated heterocycles. The van der Waals surface area contributed by atoms with E-state index in [1.807, 2.05) is 58.3 Å². The van der Waals surface area contributed by atoms with Gasteiger partial charge >= 0.3 is 0 Å². The number of hydrogen-bond acceptors (Lipinski definition) is 4. The van der Waals surface area contributed by atoms with Crippen LogP contribution in [0.4, 0.5) is 11.4 Å². The second-order valence-corrected chi connectivity index (χ2v) is 6.87. The Morgan fingerprint density at radius 2 is 1.78 bits per heavy atom. The van der Waals surface area contributed by atoms with E-state index in [9.17, 15) is 9.59 Å². The van der Waals surface area contributed by atoms with Gasteiger partial charge in [0.15, 0.2) is 0 Å². The average molecular weight is 365 g/mol. The van der Waals surface area contributed by atoms with Crippen molar-refractivity contribution in [3.63, 3.8) is 0 Å². The van der Waals surface area contributed by atoms with Crippen molar-refractivity contribution in [3.05, 3.63) is 59.4 Å². The molecule has 2 amide bonds. The molecule has 27 heavy (non-hydrogen) atoms. The van der Waals surface area contributed by atoms with E-state index in [2.05, 4.69) is 10.6 Å². The molecule has 1 heterocycles. The van der Waals surface area contributed by atoms with Crippen molar-refractivity contribution in [2.24, 2.45) is 0 Å². The third-order valence-corrected chi connectivity index (χ3v) is 4.07. The molecule has 0 spiro atoms. The lowest BCUT2D eigenvalue weighted by Crippen LogP contribution is -2.27. The van der Waals surface area contributed by atoms with Gasteiger partial charge in [-0.25, -0.2) is 0 Å². The first kappa shape index (κ1) is 18.7. The van der Waals surface area contributed by atoms with Crippen LogP contribution in [0.5, 0.6) is 0 Å². The molecule has 0 aliphatic rings. The van der Waals surface area contributed by atoms with Gasteiger partial charge in [0.1, 0.15) is 11.3 Å². The van der Waals surface area contributed by atoms with Gasteiger partial charge in [0.05, 0.1) is 23.5 Å².